The molecule has 0 aliphatic rings. The molecule has 5 nitrogen and oxygen atoms in total. The van der Waals surface area contributed by atoms with E-state index in [0.29, 0.717) is 6.04 Å². The number of nitrogens with zero attached hydrogens (tertiary/aromatic N) is 3. The van der Waals surface area contributed by atoms with Crippen LogP contribution in [0.15, 0.2) is 24.9 Å². The fourth-order valence-corrected chi connectivity index (χ4v) is 1.74. The predicted molar refractivity (Wildman–Crippen MR) is 66.6 cm³/mol. The molecule has 2 heterocycles. The maximum absolute atomic E-state index is 4.27. The Balaban J connectivity index is 1.78. The van der Waals surface area contributed by atoms with Crippen LogP contribution in [0.25, 0.3) is 0 Å². The normalized spacial score (nSPS) is 12.8. The minimum Gasteiger partial charge on any atom is -0.348 e. The Hall–Kier alpha value is -1.62. The van der Waals surface area contributed by atoms with Gasteiger partial charge in [0, 0.05) is 49.2 Å². The number of nitrogens with one attached hydrogen (secondary N) is 2. The predicted octanol–water partition coefficient (Wildman–Crippen LogP) is 1.52. The molecule has 2 aromatic rings. The molecule has 0 radical (unpaired) electrons. The molecule has 2 aromatic heterocycles. The summed E-state index contributed by atoms with van der Waals surface area (Å²) in [6.07, 6.45) is 8.56. The number of rotatable bonds is 6. The molecule has 0 fully saturated rings. The SMILES string of the molecule is CCn1cc(C(C)NCCc2cnc[nH]2)cn1. The summed E-state index contributed by atoms with van der Waals surface area (Å²) in [7, 11) is 0. The number of hydrogen-bond donors (Lipinski definition) is 2. The van der Waals surface area contributed by atoms with Crippen molar-refractivity contribution < 1.29 is 0 Å². The van der Waals surface area contributed by atoms with Gasteiger partial charge in [-0.3, -0.25) is 4.68 Å². The van der Waals surface area contributed by atoms with Gasteiger partial charge in [0.1, 0.15) is 0 Å². The lowest BCUT2D eigenvalue weighted by Gasteiger charge is -2.11. The Kier molecular flexibility index (Phi) is 3.93. The Morgan fingerprint density at radius 1 is 1.47 bits per heavy atom. The number of H-pyrrole nitrogens is 1. The van der Waals surface area contributed by atoms with Gasteiger partial charge >= 0.3 is 0 Å². The Morgan fingerprint density at radius 3 is 3.00 bits per heavy atom. The second kappa shape index (κ2) is 5.63. The third-order valence-corrected chi connectivity index (χ3v) is 2.88. The van der Waals surface area contributed by atoms with Crippen molar-refractivity contribution in [3.05, 3.63) is 36.2 Å². The summed E-state index contributed by atoms with van der Waals surface area (Å²) in [6, 6.07) is 0.332. The fourth-order valence-electron chi connectivity index (χ4n) is 1.74. The summed E-state index contributed by atoms with van der Waals surface area (Å²) in [5.74, 6) is 0. The molecule has 0 bridgehead atoms. The van der Waals surface area contributed by atoms with Crippen LogP contribution in [-0.2, 0) is 13.0 Å². The smallest absolute Gasteiger partial charge is 0.0921 e. The van der Waals surface area contributed by atoms with Gasteiger partial charge in [-0.25, -0.2) is 4.98 Å². The molecule has 92 valence electrons. The van der Waals surface area contributed by atoms with Crippen molar-refractivity contribution in [1.82, 2.24) is 25.1 Å². The number of hydrogen-bond acceptors (Lipinski definition) is 3. The molecule has 0 aromatic carbocycles. The van der Waals surface area contributed by atoms with Crippen LogP contribution in [0.5, 0.6) is 0 Å². The van der Waals surface area contributed by atoms with Gasteiger partial charge in [-0.2, -0.15) is 5.10 Å². The molecule has 1 atom stereocenters. The summed E-state index contributed by atoms with van der Waals surface area (Å²) in [5, 5.41) is 7.75. The highest BCUT2D eigenvalue weighted by atomic mass is 15.3. The van der Waals surface area contributed by atoms with Gasteiger partial charge in [0.05, 0.1) is 12.5 Å². The Labute approximate surface area is 101 Å². The van der Waals surface area contributed by atoms with E-state index in [4.69, 9.17) is 0 Å². The molecule has 0 aliphatic heterocycles. The standard InChI is InChI=1S/C12H19N5/c1-3-17-8-11(6-16-17)10(2)14-5-4-12-7-13-9-15-12/h6-10,14H,3-5H2,1-2H3,(H,13,15). The summed E-state index contributed by atoms with van der Waals surface area (Å²) in [5.41, 5.74) is 2.39. The van der Waals surface area contributed by atoms with E-state index in [1.54, 1.807) is 6.33 Å². The average molecular weight is 233 g/mol. The van der Waals surface area contributed by atoms with E-state index < -0.39 is 0 Å². The molecule has 1 unspecified atom stereocenters. The Bertz CT molecular complexity index is 431. The molecule has 0 saturated heterocycles. The highest BCUT2D eigenvalue weighted by molar-refractivity contribution is 5.09. The number of aromatic nitrogens is 4. The first-order valence-electron chi connectivity index (χ1n) is 6.02. The van der Waals surface area contributed by atoms with E-state index in [2.05, 4.69) is 40.4 Å². The average Bonchev–Trinajstić information content (AvgIpc) is 2.99. The van der Waals surface area contributed by atoms with Gasteiger partial charge in [0.15, 0.2) is 0 Å². The van der Waals surface area contributed by atoms with Gasteiger partial charge in [-0.1, -0.05) is 0 Å². The van der Waals surface area contributed by atoms with E-state index in [9.17, 15) is 0 Å². The summed E-state index contributed by atoms with van der Waals surface area (Å²) >= 11 is 0. The third kappa shape index (κ3) is 3.17. The monoisotopic (exact) mass is 233 g/mol. The fraction of sp³-hybridized carbons (Fsp3) is 0.500. The van der Waals surface area contributed by atoms with Crippen molar-refractivity contribution in [2.24, 2.45) is 0 Å². The van der Waals surface area contributed by atoms with E-state index in [-0.39, 0.29) is 0 Å². The third-order valence-electron chi connectivity index (χ3n) is 2.88. The van der Waals surface area contributed by atoms with Crippen molar-refractivity contribution in [1.29, 1.82) is 0 Å². The summed E-state index contributed by atoms with van der Waals surface area (Å²) in [4.78, 5) is 7.09. The summed E-state index contributed by atoms with van der Waals surface area (Å²) in [6.45, 7) is 6.10. The Morgan fingerprint density at radius 2 is 2.35 bits per heavy atom. The zero-order valence-electron chi connectivity index (χ0n) is 10.3. The van der Waals surface area contributed by atoms with Gasteiger partial charge in [0.25, 0.3) is 0 Å². The second-order valence-electron chi connectivity index (χ2n) is 4.13. The minimum atomic E-state index is 0.332. The van der Waals surface area contributed by atoms with Crippen LogP contribution in [-0.4, -0.2) is 26.3 Å². The first kappa shape index (κ1) is 11.9. The maximum atomic E-state index is 4.27. The molecule has 0 aliphatic carbocycles. The maximum Gasteiger partial charge on any atom is 0.0921 e. The van der Waals surface area contributed by atoms with Crippen LogP contribution in [0.2, 0.25) is 0 Å². The molecule has 0 amide bonds. The van der Waals surface area contributed by atoms with E-state index >= 15 is 0 Å². The van der Waals surface area contributed by atoms with Crippen molar-refractivity contribution >= 4 is 0 Å². The van der Waals surface area contributed by atoms with E-state index in [1.807, 2.05) is 17.1 Å². The summed E-state index contributed by atoms with van der Waals surface area (Å²) < 4.78 is 1.95. The van der Waals surface area contributed by atoms with Crippen LogP contribution in [0.3, 0.4) is 0 Å². The molecule has 5 heteroatoms. The number of aryl methyl sites for hydroxylation is 1. The van der Waals surface area contributed by atoms with Crippen LogP contribution in [0, 0.1) is 0 Å². The minimum absolute atomic E-state index is 0.332. The zero-order valence-corrected chi connectivity index (χ0v) is 10.3. The molecular weight excluding hydrogens is 214 g/mol. The first-order valence-corrected chi connectivity index (χ1v) is 6.02. The van der Waals surface area contributed by atoms with Gasteiger partial charge < -0.3 is 10.3 Å². The molecule has 2 N–H and O–H groups in total. The lowest BCUT2D eigenvalue weighted by atomic mass is 10.2. The van der Waals surface area contributed by atoms with Gasteiger partial charge in [-0.15, -0.1) is 0 Å². The van der Waals surface area contributed by atoms with Gasteiger partial charge in [0.2, 0.25) is 0 Å². The largest absolute Gasteiger partial charge is 0.348 e. The van der Waals surface area contributed by atoms with Crippen molar-refractivity contribution in [3.8, 4) is 0 Å². The van der Waals surface area contributed by atoms with Crippen LogP contribution in [0.1, 0.15) is 31.1 Å². The highest BCUT2D eigenvalue weighted by Gasteiger charge is 2.06. The van der Waals surface area contributed by atoms with E-state index in [1.165, 1.54) is 5.56 Å². The number of imidazole rings is 1. The van der Waals surface area contributed by atoms with Crippen molar-refractivity contribution in [3.63, 3.8) is 0 Å². The highest BCUT2D eigenvalue weighted by Crippen LogP contribution is 2.10. The molecular formula is C12H19N5. The lowest BCUT2D eigenvalue weighted by molar-refractivity contribution is 0.572. The van der Waals surface area contributed by atoms with Crippen LogP contribution >= 0.6 is 0 Å². The molecule has 0 saturated carbocycles. The van der Waals surface area contributed by atoms with Crippen LogP contribution in [0.4, 0.5) is 0 Å². The second-order valence-corrected chi connectivity index (χ2v) is 4.13. The molecule has 17 heavy (non-hydrogen) atoms. The first-order chi connectivity index (χ1) is 8.29. The quantitative estimate of drug-likeness (QED) is 0.795. The van der Waals surface area contributed by atoms with E-state index in [0.717, 1.165) is 25.2 Å². The molecule has 2 rings (SSSR count). The zero-order chi connectivity index (χ0) is 12.1. The number of aromatic amines is 1. The van der Waals surface area contributed by atoms with Gasteiger partial charge in [-0.05, 0) is 13.8 Å². The molecule has 0 spiro atoms. The van der Waals surface area contributed by atoms with Crippen molar-refractivity contribution in [2.45, 2.75) is 32.9 Å². The lowest BCUT2D eigenvalue weighted by Crippen LogP contribution is -2.21. The topological polar surface area (TPSA) is 58.5 Å². The van der Waals surface area contributed by atoms with Crippen molar-refractivity contribution in [2.75, 3.05) is 6.54 Å². The van der Waals surface area contributed by atoms with Crippen LogP contribution < -0.4 is 5.32 Å².